The quantitative estimate of drug-likeness (QED) is 0.692. The Bertz CT molecular complexity index is 125. The Morgan fingerprint density at radius 1 is 1.58 bits per heavy atom. The van der Waals surface area contributed by atoms with Crippen LogP contribution in [0.4, 0.5) is 0 Å². The zero-order chi connectivity index (χ0) is 8.97. The summed E-state index contributed by atoms with van der Waals surface area (Å²) >= 11 is 0. The first-order chi connectivity index (χ1) is 5.77. The molecule has 1 aliphatic rings. The molecule has 0 aromatic heterocycles. The van der Waals surface area contributed by atoms with Crippen molar-refractivity contribution < 1.29 is 0 Å². The van der Waals surface area contributed by atoms with E-state index in [0.717, 1.165) is 18.9 Å². The number of hydrogen-bond donors (Lipinski definition) is 1. The Labute approximate surface area is 76.1 Å². The van der Waals surface area contributed by atoms with Gasteiger partial charge in [0.2, 0.25) is 0 Å². The van der Waals surface area contributed by atoms with Gasteiger partial charge in [-0.2, -0.15) is 0 Å². The standard InChI is InChI=1S/C10H22N2/c1-3-10-5-7-12(8-10)9(2)4-6-11/h9-10H,3-8,11H2,1-2H3. The molecule has 2 heteroatoms. The Balaban J connectivity index is 2.25. The third-order valence-corrected chi connectivity index (χ3v) is 3.10. The van der Waals surface area contributed by atoms with Crippen LogP contribution in [0.15, 0.2) is 0 Å². The highest BCUT2D eigenvalue weighted by Gasteiger charge is 2.23. The monoisotopic (exact) mass is 170 g/mol. The van der Waals surface area contributed by atoms with E-state index in [-0.39, 0.29) is 0 Å². The molecule has 1 heterocycles. The molecule has 1 rings (SSSR count). The smallest absolute Gasteiger partial charge is 0.00790 e. The van der Waals surface area contributed by atoms with E-state index in [1.165, 1.54) is 25.9 Å². The molecular weight excluding hydrogens is 148 g/mol. The van der Waals surface area contributed by atoms with Crippen molar-refractivity contribution in [1.82, 2.24) is 4.90 Å². The number of rotatable bonds is 4. The predicted molar refractivity (Wildman–Crippen MR) is 53.1 cm³/mol. The third-order valence-electron chi connectivity index (χ3n) is 3.10. The number of hydrogen-bond acceptors (Lipinski definition) is 2. The minimum absolute atomic E-state index is 0.701. The van der Waals surface area contributed by atoms with Crippen LogP contribution in [-0.4, -0.2) is 30.6 Å². The summed E-state index contributed by atoms with van der Waals surface area (Å²) in [6.45, 7) is 8.01. The molecule has 2 unspecified atom stereocenters. The van der Waals surface area contributed by atoms with Gasteiger partial charge in [-0.05, 0) is 38.8 Å². The largest absolute Gasteiger partial charge is 0.330 e. The van der Waals surface area contributed by atoms with Crippen LogP contribution in [-0.2, 0) is 0 Å². The molecule has 2 atom stereocenters. The maximum absolute atomic E-state index is 5.54. The zero-order valence-electron chi connectivity index (χ0n) is 8.42. The zero-order valence-corrected chi connectivity index (χ0v) is 8.42. The topological polar surface area (TPSA) is 29.3 Å². The molecule has 1 fully saturated rings. The van der Waals surface area contributed by atoms with E-state index in [0.29, 0.717) is 6.04 Å². The Morgan fingerprint density at radius 2 is 2.33 bits per heavy atom. The van der Waals surface area contributed by atoms with Gasteiger partial charge in [-0.3, -0.25) is 0 Å². The molecule has 0 radical (unpaired) electrons. The van der Waals surface area contributed by atoms with Crippen LogP contribution in [0.5, 0.6) is 0 Å². The molecule has 1 saturated heterocycles. The Morgan fingerprint density at radius 3 is 2.83 bits per heavy atom. The molecule has 1 aliphatic heterocycles. The fourth-order valence-corrected chi connectivity index (χ4v) is 2.02. The van der Waals surface area contributed by atoms with Crippen LogP contribution in [0.1, 0.15) is 33.1 Å². The molecule has 0 saturated carbocycles. The summed E-state index contributed by atoms with van der Waals surface area (Å²) < 4.78 is 0. The van der Waals surface area contributed by atoms with Gasteiger partial charge in [0.1, 0.15) is 0 Å². The van der Waals surface area contributed by atoms with Gasteiger partial charge < -0.3 is 10.6 Å². The summed E-state index contributed by atoms with van der Waals surface area (Å²) in [6, 6.07) is 0.701. The van der Waals surface area contributed by atoms with E-state index in [4.69, 9.17) is 5.73 Å². The minimum Gasteiger partial charge on any atom is -0.330 e. The van der Waals surface area contributed by atoms with Crippen LogP contribution in [0.2, 0.25) is 0 Å². The molecule has 12 heavy (non-hydrogen) atoms. The van der Waals surface area contributed by atoms with E-state index in [2.05, 4.69) is 18.7 Å². The Hall–Kier alpha value is -0.0800. The fraction of sp³-hybridized carbons (Fsp3) is 1.00. The molecule has 0 spiro atoms. The van der Waals surface area contributed by atoms with Gasteiger partial charge in [0.05, 0.1) is 0 Å². The van der Waals surface area contributed by atoms with Gasteiger partial charge in [0, 0.05) is 12.6 Å². The lowest BCUT2D eigenvalue weighted by Gasteiger charge is -2.23. The van der Waals surface area contributed by atoms with Crippen LogP contribution in [0.25, 0.3) is 0 Å². The van der Waals surface area contributed by atoms with Crippen molar-refractivity contribution in [2.75, 3.05) is 19.6 Å². The Kier molecular flexibility index (Phi) is 4.02. The van der Waals surface area contributed by atoms with Crippen molar-refractivity contribution in [3.05, 3.63) is 0 Å². The average molecular weight is 170 g/mol. The van der Waals surface area contributed by atoms with Gasteiger partial charge in [-0.15, -0.1) is 0 Å². The highest BCUT2D eigenvalue weighted by atomic mass is 15.2. The van der Waals surface area contributed by atoms with Gasteiger partial charge in [-0.1, -0.05) is 13.3 Å². The second-order valence-corrected chi connectivity index (χ2v) is 3.98. The highest BCUT2D eigenvalue weighted by molar-refractivity contribution is 4.78. The van der Waals surface area contributed by atoms with Crippen molar-refractivity contribution >= 4 is 0 Å². The van der Waals surface area contributed by atoms with Crippen molar-refractivity contribution in [2.24, 2.45) is 11.7 Å². The summed E-state index contributed by atoms with van der Waals surface area (Å²) in [6.07, 6.45) is 3.88. The van der Waals surface area contributed by atoms with Crippen molar-refractivity contribution in [1.29, 1.82) is 0 Å². The van der Waals surface area contributed by atoms with Crippen LogP contribution < -0.4 is 5.73 Å². The number of nitrogens with zero attached hydrogens (tertiary/aromatic N) is 1. The molecule has 0 aliphatic carbocycles. The molecule has 2 nitrogen and oxygen atoms in total. The first kappa shape index (κ1) is 10.0. The average Bonchev–Trinajstić information content (AvgIpc) is 2.52. The summed E-state index contributed by atoms with van der Waals surface area (Å²) in [4.78, 5) is 2.58. The molecule has 2 N–H and O–H groups in total. The van der Waals surface area contributed by atoms with Crippen LogP contribution >= 0.6 is 0 Å². The highest BCUT2D eigenvalue weighted by Crippen LogP contribution is 2.21. The SMILES string of the molecule is CCC1CCN(C(C)CCN)C1. The summed E-state index contributed by atoms with van der Waals surface area (Å²) in [7, 11) is 0. The second-order valence-electron chi connectivity index (χ2n) is 3.98. The van der Waals surface area contributed by atoms with Gasteiger partial charge in [-0.25, -0.2) is 0 Å². The number of nitrogens with two attached hydrogens (primary N) is 1. The summed E-state index contributed by atoms with van der Waals surface area (Å²) in [5.41, 5.74) is 5.54. The van der Waals surface area contributed by atoms with Gasteiger partial charge in [0.25, 0.3) is 0 Å². The van der Waals surface area contributed by atoms with E-state index in [1.54, 1.807) is 0 Å². The molecular formula is C10H22N2. The first-order valence-electron chi connectivity index (χ1n) is 5.22. The van der Waals surface area contributed by atoms with Crippen molar-refractivity contribution in [3.63, 3.8) is 0 Å². The van der Waals surface area contributed by atoms with E-state index in [1.807, 2.05) is 0 Å². The lowest BCUT2D eigenvalue weighted by Crippen LogP contribution is -2.32. The molecule has 0 aromatic rings. The lowest BCUT2D eigenvalue weighted by atomic mass is 10.1. The van der Waals surface area contributed by atoms with E-state index in [9.17, 15) is 0 Å². The molecule has 0 bridgehead atoms. The molecule has 0 aromatic carbocycles. The second kappa shape index (κ2) is 4.83. The van der Waals surface area contributed by atoms with E-state index < -0.39 is 0 Å². The summed E-state index contributed by atoms with van der Waals surface area (Å²) in [5, 5.41) is 0. The third kappa shape index (κ3) is 2.46. The maximum atomic E-state index is 5.54. The van der Waals surface area contributed by atoms with Gasteiger partial charge in [0.15, 0.2) is 0 Å². The van der Waals surface area contributed by atoms with Crippen molar-refractivity contribution in [3.8, 4) is 0 Å². The molecule has 72 valence electrons. The summed E-state index contributed by atoms with van der Waals surface area (Å²) in [5.74, 6) is 0.949. The van der Waals surface area contributed by atoms with Crippen LogP contribution in [0, 0.1) is 5.92 Å². The predicted octanol–water partition coefficient (Wildman–Crippen LogP) is 1.46. The van der Waals surface area contributed by atoms with Crippen molar-refractivity contribution in [2.45, 2.75) is 39.2 Å². The van der Waals surface area contributed by atoms with Crippen LogP contribution in [0.3, 0.4) is 0 Å². The minimum atomic E-state index is 0.701. The lowest BCUT2D eigenvalue weighted by molar-refractivity contribution is 0.239. The first-order valence-corrected chi connectivity index (χ1v) is 5.22. The molecule has 0 amide bonds. The van der Waals surface area contributed by atoms with E-state index >= 15 is 0 Å². The van der Waals surface area contributed by atoms with Gasteiger partial charge >= 0.3 is 0 Å². The normalized spacial score (nSPS) is 27.8. The fourth-order valence-electron chi connectivity index (χ4n) is 2.02. The number of likely N-dealkylation sites (tertiary alicyclic amines) is 1. The maximum Gasteiger partial charge on any atom is 0.00790 e.